The van der Waals surface area contributed by atoms with Crippen LogP contribution in [-0.4, -0.2) is 63.8 Å². The van der Waals surface area contributed by atoms with Gasteiger partial charge in [0, 0.05) is 12.3 Å². The van der Waals surface area contributed by atoms with Gasteiger partial charge in [0.2, 0.25) is 0 Å². The average Bonchev–Trinajstić information content (AvgIpc) is 3.27. The van der Waals surface area contributed by atoms with Gasteiger partial charge in [-0.2, -0.15) is 0 Å². The van der Waals surface area contributed by atoms with Crippen LogP contribution in [0, 0.1) is 0 Å². The first-order valence-electron chi connectivity index (χ1n) is 11.3. The lowest BCUT2D eigenvalue weighted by molar-refractivity contribution is -0.184. The van der Waals surface area contributed by atoms with Crippen molar-refractivity contribution in [1.29, 1.82) is 0 Å². The summed E-state index contributed by atoms with van der Waals surface area (Å²) in [5.41, 5.74) is -2.63. The molecular weight excluding hydrogens is 513 g/mol. The van der Waals surface area contributed by atoms with Gasteiger partial charge in [0.1, 0.15) is 29.6 Å². The summed E-state index contributed by atoms with van der Waals surface area (Å²) in [6, 6.07) is 9.02. The van der Waals surface area contributed by atoms with Gasteiger partial charge in [0.05, 0.1) is 19.3 Å². The van der Waals surface area contributed by atoms with Crippen molar-refractivity contribution in [3.05, 3.63) is 63.4 Å². The molecule has 2 fully saturated rings. The van der Waals surface area contributed by atoms with Crippen LogP contribution in [-0.2, 0) is 35.3 Å². The molecule has 3 heterocycles. The molecular formula is C22H28N3O9PS. The molecule has 12 nitrogen and oxygen atoms in total. The highest BCUT2D eigenvalue weighted by Gasteiger charge is 2.62. The standard InChI is InChI=1S/C22H28N3O9PS/c1-13(2)32-20(28)14(3)24-35(36,34-15-7-5-4-6-8-15)31-12-22-11-30-17(18(22)27)19(33-22)25-10-9-16(26)23-21(25)29/h4-10,13-14,17-19,27H,11-12H2,1-3H3,(H,24,36)(H,23,26,29)/t14-,17-,18+,19-,22-,35-/m1/s1. The predicted octanol–water partition coefficient (Wildman–Crippen LogP) is 0.814. The molecule has 1 aromatic heterocycles. The Hall–Kier alpha value is -2.38. The number of aliphatic hydroxyl groups is 1. The Labute approximate surface area is 211 Å². The Balaban J connectivity index is 1.54. The number of benzene rings is 1. The highest BCUT2D eigenvalue weighted by Crippen LogP contribution is 2.50. The number of hydrogen-bond donors (Lipinski definition) is 3. The molecule has 2 aromatic rings. The summed E-state index contributed by atoms with van der Waals surface area (Å²) in [5, 5.41) is 13.9. The van der Waals surface area contributed by atoms with Crippen molar-refractivity contribution in [2.75, 3.05) is 13.2 Å². The Morgan fingerprint density at radius 1 is 1.31 bits per heavy atom. The number of aromatic amines is 1. The third-order valence-electron chi connectivity index (χ3n) is 5.64. The van der Waals surface area contributed by atoms with E-state index >= 15 is 0 Å². The van der Waals surface area contributed by atoms with E-state index in [4.69, 9.17) is 35.1 Å². The lowest BCUT2D eigenvalue weighted by Crippen LogP contribution is -2.46. The normalized spacial score (nSPS) is 27.5. The Morgan fingerprint density at radius 2 is 2.03 bits per heavy atom. The van der Waals surface area contributed by atoms with Gasteiger partial charge in [-0.25, -0.2) is 9.88 Å². The van der Waals surface area contributed by atoms with E-state index in [0.717, 1.165) is 4.57 Å². The first-order valence-corrected chi connectivity index (χ1v) is 13.9. The maximum atomic E-state index is 12.4. The fourth-order valence-corrected chi connectivity index (χ4v) is 6.33. The molecule has 2 aliphatic rings. The SMILES string of the molecule is CC(C)OC(=O)[C@@H](C)N[P@@](=S)(OC[C@@]12CO[C@@H]([C@H](n3ccc(=O)[nH]c3=O)O1)[C@@H]2O)Oc1ccccc1. The monoisotopic (exact) mass is 541 g/mol. The first kappa shape index (κ1) is 26.7. The van der Waals surface area contributed by atoms with Gasteiger partial charge in [-0.3, -0.25) is 19.1 Å². The number of aliphatic hydroxyl groups excluding tert-OH is 1. The molecule has 0 saturated carbocycles. The Morgan fingerprint density at radius 3 is 2.69 bits per heavy atom. The fraction of sp³-hybridized carbons (Fsp3) is 0.500. The van der Waals surface area contributed by atoms with Crippen LogP contribution in [0.3, 0.4) is 0 Å². The van der Waals surface area contributed by atoms with Crippen LogP contribution >= 0.6 is 6.64 Å². The molecule has 2 bridgehead atoms. The van der Waals surface area contributed by atoms with Crippen molar-refractivity contribution in [2.45, 2.75) is 57.0 Å². The van der Waals surface area contributed by atoms with E-state index in [2.05, 4.69) is 10.1 Å². The van der Waals surface area contributed by atoms with Gasteiger partial charge in [0.25, 0.3) is 5.56 Å². The number of para-hydroxylation sites is 1. The van der Waals surface area contributed by atoms with Gasteiger partial charge < -0.3 is 28.4 Å². The summed E-state index contributed by atoms with van der Waals surface area (Å²) in [4.78, 5) is 38.3. The van der Waals surface area contributed by atoms with Crippen molar-refractivity contribution in [1.82, 2.24) is 14.6 Å². The average molecular weight is 542 g/mol. The van der Waals surface area contributed by atoms with Gasteiger partial charge in [0.15, 0.2) is 6.23 Å². The molecule has 6 atom stereocenters. The largest absolute Gasteiger partial charge is 0.462 e. The minimum Gasteiger partial charge on any atom is -0.462 e. The van der Waals surface area contributed by atoms with E-state index in [9.17, 15) is 19.5 Å². The number of ether oxygens (including phenoxy) is 3. The molecule has 0 aliphatic carbocycles. The first-order chi connectivity index (χ1) is 17.0. The minimum absolute atomic E-state index is 0.0287. The number of carbonyl (C=O) groups is 1. The lowest BCUT2D eigenvalue weighted by atomic mass is 10.0. The zero-order chi connectivity index (χ0) is 26.1. The van der Waals surface area contributed by atoms with Gasteiger partial charge in [-0.1, -0.05) is 18.2 Å². The number of rotatable bonds is 10. The highest BCUT2D eigenvalue weighted by atomic mass is 32.5. The van der Waals surface area contributed by atoms with Crippen LogP contribution in [0.1, 0.15) is 27.0 Å². The molecule has 0 spiro atoms. The molecule has 2 saturated heterocycles. The van der Waals surface area contributed by atoms with Gasteiger partial charge in [-0.05, 0) is 44.7 Å². The van der Waals surface area contributed by atoms with Gasteiger partial charge >= 0.3 is 18.3 Å². The summed E-state index contributed by atoms with van der Waals surface area (Å²) in [5.74, 6) is -0.113. The molecule has 14 heteroatoms. The van der Waals surface area contributed by atoms with E-state index in [1.165, 1.54) is 12.3 Å². The summed E-state index contributed by atoms with van der Waals surface area (Å²) in [6.07, 6.45) is -2.09. The minimum atomic E-state index is -3.40. The number of aromatic nitrogens is 2. The number of hydrogen-bond acceptors (Lipinski definition) is 10. The second-order valence-electron chi connectivity index (χ2n) is 8.82. The molecule has 36 heavy (non-hydrogen) atoms. The molecule has 0 radical (unpaired) electrons. The van der Waals surface area contributed by atoms with E-state index in [0.29, 0.717) is 5.75 Å². The van der Waals surface area contributed by atoms with Crippen LogP contribution < -0.4 is 20.9 Å². The van der Waals surface area contributed by atoms with Crippen LogP contribution in [0.2, 0.25) is 0 Å². The summed E-state index contributed by atoms with van der Waals surface area (Å²) >= 11 is 5.71. The molecule has 0 amide bonds. The van der Waals surface area contributed by atoms with Crippen molar-refractivity contribution in [3.63, 3.8) is 0 Å². The molecule has 1 aromatic carbocycles. The quantitative estimate of drug-likeness (QED) is 0.290. The molecule has 3 N–H and O–H groups in total. The second-order valence-corrected chi connectivity index (χ2v) is 12.0. The number of fused-ring (bicyclic) bond motifs is 2. The second kappa shape index (κ2) is 10.5. The smallest absolute Gasteiger partial charge is 0.330 e. The number of esters is 1. The zero-order valence-electron chi connectivity index (χ0n) is 19.9. The fourth-order valence-electron chi connectivity index (χ4n) is 3.90. The third kappa shape index (κ3) is 5.62. The molecule has 196 valence electrons. The zero-order valence-corrected chi connectivity index (χ0v) is 21.6. The van der Waals surface area contributed by atoms with Crippen LogP contribution in [0.15, 0.2) is 52.2 Å². The highest BCUT2D eigenvalue weighted by molar-refractivity contribution is 8.09. The lowest BCUT2D eigenvalue weighted by Gasteiger charge is -2.33. The summed E-state index contributed by atoms with van der Waals surface area (Å²) in [6.45, 7) is 1.36. The van der Waals surface area contributed by atoms with Crippen LogP contribution in [0.4, 0.5) is 0 Å². The maximum Gasteiger partial charge on any atom is 0.330 e. The summed E-state index contributed by atoms with van der Waals surface area (Å²) in [7, 11) is 0. The number of H-pyrrole nitrogens is 1. The molecule has 2 aliphatic heterocycles. The number of nitrogens with zero attached hydrogens (tertiary/aromatic N) is 1. The number of carbonyl (C=O) groups excluding carboxylic acids is 1. The van der Waals surface area contributed by atoms with E-state index < -0.39 is 53.9 Å². The van der Waals surface area contributed by atoms with Crippen molar-refractivity contribution >= 4 is 24.4 Å². The Kier molecular flexibility index (Phi) is 7.81. The topological polar surface area (TPSA) is 150 Å². The third-order valence-corrected chi connectivity index (χ3v) is 8.12. The van der Waals surface area contributed by atoms with Crippen LogP contribution in [0.5, 0.6) is 5.75 Å². The van der Waals surface area contributed by atoms with E-state index in [1.54, 1.807) is 45.0 Å². The maximum absolute atomic E-state index is 12.4. The molecule has 0 unspecified atom stereocenters. The molecule has 4 rings (SSSR count). The summed E-state index contributed by atoms with van der Waals surface area (Å²) < 4.78 is 30.2. The van der Waals surface area contributed by atoms with E-state index in [1.807, 2.05) is 6.07 Å². The number of nitrogens with one attached hydrogen (secondary N) is 2. The van der Waals surface area contributed by atoms with Gasteiger partial charge in [-0.15, -0.1) is 0 Å². The van der Waals surface area contributed by atoms with Crippen molar-refractivity contribution in [3.8, 4) is 5.75 Å². The Bertz CT molecular complexity index is 1250. The van der Waals surface area contributed by atoms with Crippen molar-refractivity contribution in [2.24, 2.45) is 0 Å². The predicted molar refractivity (Wildman–Crippen MR) is 131 cm³/mol. The van der Waals surface area contributed by atoms with Crippen molar-refractivity contribution < 1.29 is 33.2 Å². The van der Waals surface area contributed by atoms with E-state index in [-0.39, 0.29) is 19.3 Å². The van der Waals surface area contributed by atoms with Crippen LogP contribution in [0.25, 0.3) is 0 Å².